The van der Waals surface area contributed by atoms with E-state index in [1.54, 1.807) is 85.3 Å². The molecule has 0 aliphatic rings. The van der Waals surface area contributed by atoms with E-state index in [4.69, 9.17) is 53.1 Å². The van der Waals surface area contributed by atoms with Gasteiger partial charge in [-0.15, -0.1) is 0 Å². The van der Waals surface area contributed by atoms with Gasteiger partial charge in [-0.25, -0.2) is 0 Å². The standard InChI is InChI=1S/C35H81F3O12Si6/c1-34(35(36,37)38,22-16-24-51(14,26-18-30-53(39-2,40-3)41-4)27-19-31-54(42-5,43-6)44-7)23-17-25-52(15,28-20-32-55(45-8,46-9)47-10)29-21-33-56(48-11,49-12)50-13/h16-33H2,1-15H3. The van der Waals surface area contributed by atoms with Crippen LogP contribution in [0.2, 0.25) is 73.5 Å². The van der Waals surface area contributed by atoms with Crippen LogP contribution in [0, 0.1) is 5.41 Å². The number of hydrogen-bond donors (Lipinski definition) is 0. The van der Waals surface area contributed by atoms with Crippen LogP contribution in [-0.4, -0.2) is 143 Å². The molecule has 12 nitrogen and oxygen atoms in total. The normalized spacial score (nSPS) is 14.2. The van der Waals surface area contributed by atoms with Crippen molar-refractivity contribution in [3.63, 3.8) is 0 Å². The Balaban J connectivity index is 6.05. The minimum Gasteiger partial charge on any atom is -0.377 e. The molecule has 0 spiro atoms. The molecule has 0 fully saturated rings. The maximum Gasteiger partial charge on any atom is 0.500 e. The summed E-state index contributed by atoms with van der Waals surface area (Å²) in [5, 5.41) is 0. The first kappa shape index (κ1) is 56.6. The molecule has 0 radical (unpaired) electrons. The maximum absolute atomic E-state index is 15.0. The van der Waals surface area contributed by atoms with Gasteiger partial charge < -0.3 is 53.1 Å². The molecular weight excluding hydrogens is 838 g/mol. The third-order valence-corrected chi connectivity index (χ3v) is 33.2. The van der Waals surface area contributed by atoms with E-state index in [1.165, 1.54) is 6.92 Å². The highest BCUT2D eigenvalue weighted by Gasteiger charge is 2.50. The molecule has 338 valence electrons. The molecule has 0 aliphatic heterocycles. The van der Waals surface area contributed by atoms with E-state index in [2.05, 4.69) is 13.1 Å². The van der Waals surface area contributed by atoms with Gasteiger partial charge in [0.2, 0.25) is 0 Å². The van der Waals surface area contributed by atoms with Crippen LogP contribution in [0.4, 0.5) is 13.2 Å². The summed E-state index contributed by atoms with van der Waals surface area (Å²) in [7, 11) is 4.14. The molecule has 0 N–H and O–H groups in total. The zero-order valence-corrected chi connectivity index (χ0v) is 43.8. The van der Waals surface area contributed by atoms with Gasteiger partial charge >= 0.3 is 41.4 Å². The highest BCUT2D eigenvalue weighted by Crippen LogP contribution is 2.47. The van der Waals surface area contributed by atoms with Crippen LogP contribution in [0.5, 0.6) is 0 Å². The van der Waals surface area contributed by atoms with E-state index < -0.39 is 63.0 Å². The summed E-state index contributed by atoms with van der Waals surface area (Å²) >= 11 is 0. The second-order valence-electron chi connectivity index (χ2n) is 16.0. The summed E-state index contributed by atoms with van der Waals surface area (Å²) in [4.78, 5) is 0. The minimum absolute atomic E-state index is 0.102. The van der Waals surface area contributed by atoms with Gasteiger partial charge in [-0.3, -0.25) is 0 Å². The van der Waals surface area contributed by atoms with E-state index >= 15 is 13.2 Å². The molecule has 21 heteroatoms. The predicted molar refractivity (Wildman–Crippen MR) is 230 cm³/mol. The molecule has 0 amide bonds. The van der Waals surface area contributed by atoms with E-state index in [9.17, 15) is 0 Å². The summed E-state index contributed by atoms with van der Waals surface area (Å²) in [5.74, 6) is 0. The Morgan fingerprint density at radius 1 is 0.321 bits per heavy atom. The average molecular weight is 920 g/mol. The topological polar surface area (TPSA) is 111 Å². The Morgan fingerprint density at radius 2 is 0.500 bits per heavy atom. The van der Waals surface area contributed by atoms with Crippen LogP contribution in [0.15, 0.2) is 0 Å². The fourth-order valence-corrected chi connectivity index (χ4v) is 24.1. The molecule has 0 rings (SSSR count). The first-order valence-corrected chi connectivity index (χ1v) is 33.9. The van der Waals surface area contributed by atoms with Gasteiger partial charge in [-0.1, -0.05) is 94.8 Å². The lowest BCUT2D eigenvalue weighted by Crippen LogP contribution is -2.44. The van der Waals surface area contributed by atoms with Crippen LogP contribution in [0.1, 0.15) is 58.3 Å². The van der Waals surface area contributed by atoms with Crippen LogP contribution in [-0.2, 0) is 53.1 Å². The highest BCUT2D eigenvalue weighted by atomic mass is 28.4. The van der Waals surface area contributed by atoms with Gasteiger partial charge in [-0.05, 0) is 12.8 Å². The van der Waals surface area contributed by atoms with E-state index in [-0.39, 0.29) is 12.8 Å². The smallest absolute Gasteiger partial charge is 0.377 e. The monoisotopic (exact) mass is 918 g/mol. The minimum atomic E-state index is -4.31. The molecule has 0 atom stereocenters. The van der Waals surface area contributed by atoms with Gasteiger partial charge in [-0.2, -0.15) is 13.2 Å². The van der Waals surface area contributed by atoms with Crippen molar-refractivity contribution < 1.29 is 66.3 Å². The molecule has 0 unspecified atom stereocenters. The van der Waals surface area contributed by atoms with Crippen molar-refractivity contribution in [2.24, 2.45) is 5.41 Å². The summed E-state index contributed by atoms with van der Waals surface area (Å²) in [6, 6.07) is 7.96. The summed E-state index contributed by atoms with van der Waals surface area (Å²) < 4.78 is 113. The maximum atomic E-state index is 15.0. The lowest BCUT2D eigenvalue weighted by molar-refractivity contribution is -0.223. The molecule has 0 aliphatic carbocycles. The SMILES string of the molecule is CO[Si](CCC[Si](C)(CCCC(C)(CCC[Si](C)(CCC[Si](OC)(OC)OC)CCC[Si](OC)(OC)OC)C(F)(F)F)CCC[Si](OC)(OC)OC)(OC)OC. The van der Waals surface area contributed by atoms with Crippen LogP contribution in [0.25, 0.3) is 0 Å². The van der Waals surface area contributed by atoms with Crippen molar-refractivity contribution in [2.45, 2.75) is 138 Å². The van der Waals surface area contributed by atoms with Gasteiger partial charge in [0.15, 0.2) is 0 Å². The van der Waals surface area contributed by atoms with E-state index in [0.717, 1.165) is 61.9 Å². The van der Waals surface area contributed by atoms with Crippen molar-refractivity contribution in [1.82, 2.24) is 0 Å². The third-order valence-electron chi connectivity index (χ3n) is 12.5. The van der Waals surface area contributed by atoms with E-state index in [1.807, 2.05) is 0 Å². The molecule has 0 saturated heterocycles. The van der Waals surface area contributed by atoms with Crippen LogP contribution < -0.4 is 0 Å². The first-order chi connectivity index (χ1) is 26.2. The molecule has 0 saturated carbocycles. The number of hydrogen-bond acceptors (Lipinski definition) is 12. The summed E-state index contributed by atoms with van der Waals surface area (Å²) in [5.41, 5.74) is -1.78. The quantitative estimate of drug-likeness (QED) is 0.0559. The number of alkyl halides is 3. The fourth-order valence-electron chi connectivity index (χ4n) is 8.12. The van der Waals surface area contributed by atoms with Crippen molar-refractivity contribution >= 4 is 51.4 Å². The fraction of sp³-hybridized carbons (Fsp3) is 1.00. The zero-order chi connectivity index (χ0) is 43.2. The lowest BCUT2D eigenvalue weighted by Gasteiger charge is -2.36. The average Bonchev–Trinajstić information content (AvgIpc) is 3.19. The van der Waals surface area contributed by atoms with Gasteiger partial charge in [0.25, 0.3) is 0 Å². The Labute approximate surface area is 345 Å². The van der Waals surface area contributed by atoms with Crippen molar-refractivity contribution in [2.75, 3.05) is 85.3 Å². The zero-order valence-electron chi connectivity index (χ0n) is 37.8. The molecule has 0 aromatic carbocycles. The summed E-state index contributed by atoms with van der Waals surface area (Å²) in [6.45, 7) is 6.08. The summed E-state index contributed by atoms with van der Waals surface area (Å²) in [6.07, 6.45) is 0.250. The van der Waals surface area contributed by atoms with E-state index in [0.29, 0.717) is 37.0 Å². The van der Waals surface area contributed by atoms with Crippen LogP contribution in [0.3, 0.4) is 0 Å². The lowest BCUT2D eigenvalue weighted by atomic mass is 9.80. The van der Waals surface area contributed by atoms with Crippen molar-refractivity contribution in [3.05, 3.63) is 0 Å². The second-order valence-corrected chi connectivity index (χ2v) is 38.6. The second kappa shape index (κ2) is 26.8. The van der Waals surface area contributed by atoms with Gasteiger partial charge in [0, 0.05) is 109 Å². The Kier molecular flexibility index (Phi) is 27.1. The molecule has 0 heterocycles. The van der Waals surface area contributed by atoms with Gasteiger partial charge in [0.05, 0.1) is 21.6 Å². The Bertz CT molecular complexity index is 870. The molecule has 0 aromatic heterocycles. The Morgan fingerprint density at radius 3 is 0.661 bits per heavy atom. The molecule has 56 heavy (non-hydrogen) atoms. The van der Waals surface area contributed by atoms with Gasteiger partial charge in [0.1, 0.15) is 0 Å². The predicted octanol–water partition coefficient (Wildman–Crippen LogP) is 9.35. The number of rotatable bonds is 36. The molecule has 0 bridgehead atoms. The highest BCUT2D eigenvalue weighted by molar-refractivity contribution is 6.79. The molecule has 0 aromatic rings. The first-order valence-electron chi connectivity index (χ1n) is 19.9. The Hall–Kier alpha value is 0.611. The van der Waals surface area contributed by atoms with Crippen molar-refractivity contribution in [1.29, 1.82) is 0 Å². The van der Waals surface area contributed by atoms with Crippen LogP contribution >= 0.6 is 0 Å². The largest absolute Gasteiger partial charge is 0.500 e. The van der Waals surface area contributed by atoms with Crippen molar-refractivity contribution in [3.8, 4) is 0 Å². The molecular formula is C35H81F3O12Si6. The third kappa shape index (κ3) is 17.9. The number of halogens is 3.